The molecule has 1 heterocycles. The molecule has 3 rings (SSSR count). The Kier molecular flexibility index (Phi) is 6.59. The minimum atomic E-state index is 0.205. The Bertz CT molecular complexity index is 551. The molecule has 0 aromatic heterocycles. The molecule has 2 heteroatoms. The van der Waals surface area contributed by atoms with Gasteiger partial charge in [0.25, 0.3) is 0 Å². The highest BCUT2D eigenvalue weighted by atomic mass is 15.1. The molecule has 0 fully saturated rings. The van der Waals surface area contributed by atoms with Crippen LogP contribution >= 0.6 is 0 Å². The molecule has 24 heavy (non-hydrogen) atoms. The summed E-state index contributed by atoms with van der Waals surface area (Å²) < 4.78 is 0. The lowest BCUT2D eigenvalue weighted by Gasteiger charge is -2.17. The molecule has 0 spiro atoms. The fraction of sp³-hybridized carbons (Fsp3) is 0.455. The number of hydrogen-bond donors (Lipinski definition) is 0. The van der Waals surface area contributed by atoms with E-state index in [9.17, 15) is 0 Å². The van der Waals surface area contributed by atoms with E-state index in [0.717, 1.165) is 12.8 Å². The predicted octanol–water partition coefficient (Wildman–Crippen LogP) is 7.06. The topological polar surface area (TPSA) is 24.7 Å². The standard InChI is InChI=1S/C22H28N2/c1-2-4-12-18-22(20-15-9-6-10-16-20)24-23-21(17-11-3-1)19-13-7-5-8-14-19/h5-10,13-16,21-22H,1-4,11-12,17-18H2. The lowest BCUT2D eigenvalue weighted by Crippen LogP contribution is -2.00. The highest BCUT2D eigenvalue weighted by Gasteiger charge is 2.14. The molecular weight excluding hydrogens is 292 g/mol. The van der Waals surface area contributed by atoms with Gasteiger partial charge in [-0.1, -0.05) is 99.2 Å². The summed E-state index contributed by atoms with van der Waals surface area (Å²) in [5.41, 5.74) is 2.59. The Balaban J connectivity index is 1.81. The third kappa shape index (κ3) is 5.02. The van der Waals surface area contributed by atoms with Gasteiger partial charge in [-0.05, 0) is 24.0 Å². The Hall–Kier alpha value is -1.96. The number of rotatable bonds is 2. The molecular formula is C22H28N2. The average Bonchev–Trinajstić information content (AvgIpc) is 2.64. The summed E-state index contributed by atoms with van der Waals surface area (Å²) >= 11 is 0. The average molecular weight is 320 g/mol. The van der Waals surface area contributed by atoms with Gasteiger partial charge in [0.15, 0.2) is 0 Å². The number of benzene rings is 2. The van der Waals surface area contributed by atoms with Crippen molar-refractivity contribution in [2.45, 2.75) is 63.5 Å². The van der Waals surface area contributed by atoms with Crippen molar-refractivity contribution in [3.63, 3.8) is 0 Å². The SMILES string of the molecule is c1ccc(C2CCCCCCCCC(c3ccccc3)N=N2)cc1. The Morgan fingerprint density at radius 2 is 0.875 bits per heavy atom. The largest absolute Gasteiger partial charge is 0.185 e. The maximum absolute atomic E-state index is 4.81. The lowest BCUT2D eigenvalue weighted by atomic mass is 9.98. The van der Waals surface area contributed by atoms with Crippen molar-refractivity contribution in [3.05, 3.63) is 71.8 Å². The molecule has 2 aromatic rings. The van der Waals surface area contributed by atoms with Crippen molar-refractivity contribution in [2.24, 2.45) is 10.2 Å². The second-order valence-electron chi connectivity index (χ2n) is 6.78. The smallest absolute Gasteiger partial charge is 0.0957 e. The van der Waals surface area contributed by atoms with Crippen LogP contribution in [0.1, 0.15) is 74.6 Å². The van der Waals surface area contributed by atoms with E-state index in [2.05, 4.69) is 60.7 Å². The Morgan fingerprint density at radius 1 is 0.500 bits per heavy atom. The first-order valence-corrected chi connectivity index (χ1v) is 9.43. The first kappa shape index (κ1) is 16.9. The monoisotopic (exact) mass is 320 g/mol. The van der Waals surface area contributed by atoms with Gasteiger partial charge in [-0.15, -0.1) is 0 Å². The van der Waals surface area contributed by atoms with Crippen molar-refractivity contribution in [1.29, 1.82) is 0 Å². The van der Waals surface area contributed by atoms with Crippen LogP contribution in [-0.4, -0.2) is 0 Å². The first-order valence-electron chi connectivity index (χ1n) is 9.43. The van der Waals surface area contributed by atoms with Gasteiger partial charge in [0.2, 0.25) is 0 Å². The van der Waals surface area contributed by atoms with Gasteiger partial charge >= 0.3 is 0 Å². The molecule has 1 aliphatic rings. The van der Waals surface area contributed by atoms with E-state index >= 15 is 0 Å². The van der Waals surface area contributed by atoms with Gasteiger partial charge in [-0.2, -0.15) is 10.2 Å². The van der Waals surface area contributed by atoms with Crippen molar-refractivity contribution >= 4 is 0 Å². The molecule has 0 aliphatic carbocycles. The molecule has 0 radical (unpaired) electrons. The quantitative estimate of drug-likeness (QED) is 0.566. The third-order valence-corrected chi connectivity index (χ3v) is 4.92. The molecule has 0 saturated heterocycles. The van der Waals surface area contributed by atoms with Crippen LogP contribution in [-0.2, 0) is 0 Å². The van der Waals surface area contributed by atoms with Crippen LogP contribution in [0.4, 0.5) is 0 Å². The summed E-state index contributed by atoms with van der Waals surface area (Å²) in [6.07, 6.45) is 10.1. The zero-order chi connectivity index (χ0) is 16.5. The summed E-state index contributed by atoms with van der Waals surface area (Å²) in [6, 6.07) is 21.7. The molecule has 1 aliphatic heterocycles. The summed E-state index contributed by atoms with van der Waals surface area (Å²) in [5, 5.41) is 9.62. The molecule has 0 saturated carbocycles. The van der Waals surface area contributed by atoms with Crippen molar-refractivity contribution in [1.82, 2.24) is 0 Å². The zero-order valence-corrected chi connectivity index (χ0v) is 14.5. The molecule has 0 amide bonds. The Morgan fingerprint density at radius 3 is 1.29 bits per heavy atom. The molecule has 2 atom stereocenters. The first-order chi connectivity index (χ1) is 11.9. The van der Waals surface area contributed by atoms with Crippen LogP contribution in [0.15, 0.2) is 70.9 Å². The fourth-order valence-electron chi connectivity index (χ4n) is 3.48. The number of hydrogen-bond acceptors (Lipinski definition) is 2. The van der Waals surface area contributed by atoms with Crippen LogP contribution in [0.3, 0.4) is 0 Å². The van der Waals surface area contributed by atoms with Crippen molar-refractivity contribution in [2.75, 3.05) is 0 Å². The van der Waals surface area contributed by atoms with E-state index in [1.165, 1.54) is 49.7 Å². The molecule has 0 bridgehead atoms. The van der Waals surface area contributed by atoms with E-state index in [0.29, 0.717) is 0 Å². The summed E-state index contributed by atoms with van der Waals surface area (Å²) in [5.74, 6) is 0. The van der Waals surface area contributed by atoms with Crippen LogP contribution in [0, 0.1) is 0 Å². The minimum Gasteiger partial charge on any atom is -0.185 e. The normalized spacial score (nSPS) is 23.2. The van der Waals surface area contributed by atoms with Gasteiger partial charge in [0.1, 0.15) is 0 Å². The second-order valence-corrected chi connectivity index (χ2v) is 6.78. The van der Waals surface area contributed by atoms with Gasteiger partial charge in [-0.3, -0.25) is 0 Å². The van der Waals surface area contributed by atoms with E-state index in [1.54, 1.807) is 0 Å². The van der Waals surface area contributed by atoms with Gasteiger partial charge in [0.05, 0.1) is 12.1 Å². The highest BCUT2D eigenvalue weighted by molar-refractivity contribution is 5.20. The highest BCUT2D eigenvalue weighted by Crippen LogP contribution is 2.30. The summed E-state index contributed by atoms with van der Waals surface area (Å²) in [4.78, 5) is 0. The molecule has 2 aromatic carbocycles. The van der Waals surface area contributed by atoms with E-state index < -0.39 is 0 Å². The number of azo groups is 1. The summed E-state index contributed by atoms with van der Waals surface area (Å²) in [6.45, 7) is 0. The maximum Gasteiger partial charge on any atom is 0.0957 e. The molecule has 2 nitrogen and oxygen atoms in total. The van der Waals surface area contributed by atoms with Crippen LogP contribution in [0.5, 0.6) is 0 Å². The van der Waals surface area contributed by atoms with E-state index in [1.807, 2.05) is 0 Å². The van der Waals surface area contributed by atoms with Crippen LogP contribution in [0.2, 0.25) is 0 Å². The molecule has 2 unspecified atom stereocenters. The van der Waals surface area contributed by atoms with Gasteiger partial charge < -0.3 is 0 Å². The predicted molar refractivity (Wildman–Crippen MR) is 100 cm³/mol. The van der Waals surface area contributed by atoms with E-state index in [-0.39, 0.29) is 12.1 Å². The molecule has 126 valence electrons. The minimum absolute atomic E-state index is 0.205. The van der Waals surface area contributed by atoms with E-state index in [4.69, 9.17) is 10.2 Å². The van der Waals surface area contributed by atoms with Gasteiger partial charge in [0, 0.05) is 0 Å². The van der Waals surface area contributed by atoms with Gasteiger partial charge in [-0.25, -0.2) is 0 Å². The third-order valence-electron chi connectivity index (χ3n) is 4.92. The Labute approximate surface area is 146 Å². The van der Waals surface area contributed by atoms with Crippen molar-refractivity contribution in [3.8, 4) is 0 Å². The fourth-order valence-corrected chi connectivity index (χ4v) is 3.48. The zero-order valence-electron chi connectivity index (χ0n) is 14.5. The van der Waals surface area contributed by atoms with Crippen molar-refractivity contribution < 1.29 is 0 Å². The molecule has 0 N–H and O–H groups in total. The van der Waals surface area contributed by atoms with Crippen LogP contribution in [0.25, 0.3) is 0 Å². The second kappa shape index (κ2) is 9.36. The maximum atomic E-state index is 4.81. The lowest BCUT2D eigenvalue weighted by molar-refractivity contribution is 0.476. The summed E-state index contributed by atoms with van der Waals surface area (Å²) in [7, 11) is 0. The number of nitrogens with zero attached hydrogens (tertiary/aromatic N) is 2. The van der Waals surface area contributed by atoms with Crippen LogP contribution < -0.4 is 0 Å².